The Bertz CT molecular complexity index is 757. The Balaban J connectivity index is 1.44. The normalized spacial score (nSPS) is 15.3. The van der Waals surface area contributed by atoms with E-state index in [0.717, 1.165) is 32.5 Å². The predicted octanol–water partition coefficient (Wildman–Crippen LogP) is 1.34. The van der Waals surface area contributed by atoms with Crippen molar-refractivity contribution in [3.63, 3.8) is 0 Å². The molecule has 1 aliphatic rings. The molecule has 0 atom stereocenters. The van der Waals surface area contributed by atoms with Gasteiger partial charge in [-0.15, -0.1) is 0 Å². The van der Waals surface area contributed by atoms with Crippen LogP contribution in [0.1, 0.15) is 28.8 Å². The highest BCUT2D eigenvalue weighted by Gasteiger charge is 2.21. The number of rotatable bonds is 7. The molecular weight excluding hydrogens is 344 g/mol. The number of carbonyl (C=O) groups excluding carboxylic acids is 2. The number of carbonyl (C=O) groups is 2. The molecule has 7 heteroatoms. The van der Waals surface area contributed by atoms with Crippen LogP contribution in [0.5, 0.6) is 5.75 Å². The molecule has 1 aromatic carbocycles. The summed E-state index contributed by atoms with van der Waals surface area (Å²) in [6, 6.07) is 10.9. The van der Waals surface area contributed by atoms with Crippen LogP contribution in [0.4, 0.5) is 0 Å². The first kappa shape index (κ1) is 18.8. The maximum Gasteiger partial charge on any atom is 0.255 e. The third-order valence-corrected chi connectivity index (χ3v) is 4.55. The van der Waals surface area contributed by atoms with Crippen LogP contribution >= 0.6 is 0 Å². The third kappa shape index (κ3) is 5.79. The Labute approximate surface area is 158 Å². The molecular formula is C20H24N4O3. The minimum absolute atomic E-state index is 0.0952. The number of nitrogens with one attached hydrogen (secondary N) is 1. The van der Waals surface area contributed by atoms with Gasteiger partial charge in [0.25, 0.3) is 11.8 Å². The first-order chi connectivity index (χ1) is 13.1. The van der Waals surface area contributed by atoms with Gasteiger partial charge in [0.2, 0.25) is 0 Å². The summed E-state index contributed by atoms with van der Waals surface area (Å²) in [6.07, 6.45) is 5.52. The van der Waals surface area contributed by atoms with Crippen LogP contribution in [0, 0.1) is 0 Å². The van der Waals surface area contributed by atoms with E-state index in [2.05, 4.69) is 21.3 Å². The maximum atomic E-state index is 12.4. The van der Waals surface area contributed by atoms with Gasteiger partial charge in [-0.1, -0.05) is 6.07 Å². The number of aromatic nitrogens is 1. The third-order valence-electron chi connectivity index (χ3n) is 4.55. The first-order valence-corrected chi connectivity index (χ1v) is 9.03. The summed E-state index contributed by atoms with van der Waals surface area (Å²) in [7, 11) is 0. The molecule has 0 spiro atoms. The highest BCUT2D eigenvalue weighted by molar-refractivity contribution is 5.94. The lowest BCUT2D eigenvalue weighted by Crippen LogP contribution is -2.44. The first-order valence-electron chi connectivity index (χ1n) is 9.03. The number of ether oxygens (including phenoxy) is 1. The van der Waals surface area contributed by atoms with E-state index in [4.69, 9.17) is 10.5 Å². The van der Waals surface area contributed by atoms with Crippen molar-refractivity contribution in [1.29, 1.82) is 0 Å². The minimum atomic E-state index is -0.535. The number of amides is 2. The van der Waals surface area contributed by atoms with Gasteiger partial charge < -0.3 is 15.8 Å². The Kier molecular flexibility index (Phi) is 6.38. The monoisotopic (exact) mass is 368 g/mol. The largest absolute Gasteiger partial charge is 0.484 e. The summed E-state index contributed by atoms with van der Waals surface area (Å²) in [5, 5.41) is 3.10. The fourth-order valence-corrected chi connectivity index (χ4v) is 3.11. The van der Waals surface area contributed by atoms with Crippen LogP contribution < -0.4 is 15.8 Å². The van der Waals surface area contributed by atoms with Gasteiger partial charge in [0.1, 0.15) is 5.75 Å². The molecule has 0 saturated carbocycles. The van der Waals surface area contributed by atoms with Crippen LogP contribution in [-0.2, 0) is 11.3 Å². The van der Waals surface area contributed by atoms with Crippen LogP contribution in [-0.4, -0.2) is 47.4 Å². The van der Waals surface area contributed by atoms with Gasteiger partial charge in [-0.2, -0.15) is 0 Å². The molecule has 1 aliphatic heterocycles. The van der Waals surface area contributed by atoms with E-state index in [1.165, 1.54) is 5.56 Å². The van der Waals surface area contributed by atoms with Crippen molar-refractivity contribution >= 4 is 11.8 Å². The van der Waals surface area contributed by atoms with Crippen LogP contribution in [0.2, 0.25) is 0 Å². The van der Waals surface area contributed by atoms with Crippen molar-refractivity contribution in [2.24, 2.45) is 5.73 Å². The average Bonchev–Trinajstić information content (AvgIpc) is 2.69. The van der Waals surface area contributed by atoms with Crippen LogP contribution in [0.15, 0.2) is 48.8 Å². The number of primary amides is 1. The molecule has 0 unspecified atom stereocenters. The number of likely N-dealkylation sites (tertiary alicyclic amines) is 1. The Morgan fingerprint density at radius 2 is 1.93 bits per heavy atom. The molecule has 0 radical (unpaired) electrons. The number of pyridine rings is 1. The highest BCUT2D eigenvalue weighted by Crippen LogP contribution is 2.15. The van der Waals surface area contributed by atoms with Gasteiger partial charge in [0, 0.05) is 43.6 Å². The summed E-state index contributed by atoms with van der Waals surface area (Å²) in [5.74, 6) is -0.122. The standard InChI is InChI=1S/C20H24N4O3/c21-19(25)14-27-18-5-3-16(4-6-18)20(26)23-17-7-10-24(11-8-17)13-15-2-1-9-22-12-15/h1-6,9,12,17H,7-8,10-11,13-14H2,(H2,21,25)(H,23,26). The van der Waals surface area contributed by atoms with Crippen molar-refractivity contribution in [2.75, 3.05) is 19.7 Å². The summed E-state index contributed by atoms with van der Waals surface area (Å²) in [5.41, 5.74) is 6.82. The molecule has 0 bridgehead atoms. The van der Waals surface area contributed by atoms with Crippen molar-refractivity contribution in [2.45, 2.75) is 25.4 Å². The second kappa shape index (κ2) is 9.14. The summed E-state index contributed by atoms with van der Waals surface area (Å²) >= 11 is 0. The average molecular weight is 368 g/mol. The summed E-state index contributed by atoms with van der Waals surface area (Å²) < 4.78 is 5.20. The molecule has 1 saturated heterocycles. The molecule has 3 N–H and O–H groups in total. The topological polar surface area (TPSA) is 97.6 Å². The Morgan fingerprint density at radius 3 is 2.56 bits per heavy atom. The number of piperidine rings is 1. The molecule has 0 aliphatic carbocycles. The van der Waals surface area contributed by atoms with Gasteiger partial charge in [0.05, 0.1) is 0 Å². The van der Waals surface area contributed by atoms with Crippen LogP contribution in [0.25, 0.3) is 0 Å². The second-order valence-electron chi connectivity index (χ2n) is 6.66. The number of nitrogens with two attached hydrogens (primary N) is 1. The van der Waals surface area contributed by atoms with Gasteiger partial charge in [-0.05, 0) is 48.7 Å². The van der Waals surface area contributed by atoms with E-state index in [-0.39, 0.29) is 18.6 Å². The molecule has 2 heterocycles. The van der Waals surface area contributed by atoms with Crippen molar-refractivity contribution in [3.05, 3.63) is 59.9 Å². The van der Waals surface area contributed by atoms with E-state index in [0.29, 0.717) is 11.3 Å². The summed E-state index contributed by atoms with van der Waals surface area (Å²) in [4.78, 5) is 29.7. The molecule has 2 aromatic rings. The van der Waals surface area contributed by atoms with E-state index < -0.39 is 5.91 Å². The molecule has 2 amide bonds. The number of hydrogen-bond acceptors (Lipinski definition) is 5. The molecule has 142 valence electrons. The quantitative estimate of drug-likeness (QED) is 0.769. The molecule has 3 rings (SSSR count). The van der Waals surface area contributed by atoms with Gasteiger partial charge in [0.15, 0.2) is 6.61 Å². The molecule has 27 heavy (non-hydrogen) atoms. The smallest absolute Gasteiger partial charge is 0.255 e. The SMILES string of the molecule is NC(=O)COc1ccc(C(=O)NC2CCN(Cc3cccnc3)CC2)cc1. The summed E-state index contributed by atoms with van der Waals surface area (Å²) in [6.45, 7) is 2.60. The number of nitrogens with zero attached hydrogens (tertiary/aromatic N) is 2. The fourth-order valence-electron chi connectivity index (χ4n) is 3.11. The second-order valence-corrected chi connectivity index (χ2v) is 6.66. The highest BCUT2D eigenvalue weighted by atomic mass is 16.5. The van der Waals surface area contributed by atoms with Gasteiger partial charge in [-0.25, -0.2) is 0 Å². The predicted molar refractivity (Wildman–Crippen MR) is 101 cm³/mol. The number of benzene rings is 1. The molecule has 1 aromatic heterocycles. The Hall–Kier alpha value is -2.93. The van der Waals surface area contributed by atoms with Gasteiger partial charge >= 0.3 is 0 Å². The van der Waals surface area contributed by atoms with Crippen LogP contribution in [0.3, 0.4) is 0 Å². The van der Waals surface area contributed by atoms with Crippen molar-refractivity contribution in [3.8, 4) is 5.75 Å². The van der Waals surface area contributed by atoms with E-state index in [9.17, 15) is 9.59 Å². The zero-order chi connectivity index (χ0) is 19.1. The zero-order valence-electron chi connectivity index (χ0n) is 15.1. The van der Waals surface area contributed by atoms with E-state index in [1.807, 2.05) is 12.3 Å². The number of hydrogen-bond donors (Lipinski definition) is 2. The molecule has 7 nitrogen and oxygen atoms in total. The lowest BCUT2D eigenvalue weighted by molar-refractivity contribution is -0.119. The lowest BCUT2D eigenvalue weighted by atomic mass is 10.0. The molecule has 1 fully saturated rings. The van der Waals surface area contributed by atoms with Crippen molar-refractivity contribution in [1.82, 2.24) is 15.2 Å². The van der Waals surface area contributed by atoms with E-state index in [1.54, 1.807) is 30.5 Å². The van der Waals surface area contributed by atoms with Crippen molar-refractivity contribution < 1.29 is 14.3 Å². The lowest BCUT2D eigenvalue weighted by Gasteiger charge is -2.32. The van der Waals surface area contributed by atoms with Gasteiger partial charge in [-0.3, -0.25) is 19.5 Å². The maximum absolute atomic E-state index is 12.4. The van der Waals surface area contributed by atoms with E-state index >= 15 is 0 Å². The minimum Gasteiger partial charge on any atom is -0.484 e. The fraction of sp³-hybridized carbons (Fsp3) is 0.350. The Morgan fingerprint density at radius 1 is 1.19 bits per heavy atom. The zero-order valence-corrected chi connectivity index (χ0v) is 15.1.